The highest BCUT2D eigenvalue weighted by atomic mass is 16.6. The van der Waals surface area contributed by atoms with Gasteiger partial charge in [0.1, 0.15) is 12.2 Å². The zero-order valence-electron chi connectivity index (χ0n) is 11.1. The molecule has 5 nitrogen and oxygen atoms in total. The summed E-state index contributed by atoms with van der Waals surface area (Å²) < 4.78 is 10.9. The molecule has 0 N–H and O–H groups in total. The summed E-state index contributed by atoms with van der Waals surface area (Å²) in [4.78, 5) is 23.8. The lowest BCUT2D eigenvalue weighted by atomic mass is 9.75. The number of nitrogens with zero attached hydrogens (tertiary/aromatic N) is 1. The van der Waals surface area contributed by atoms with Gasteiger partial charge in [0.15, 0.2) is 5.41 Å². The third-order valence-electron chi connectivity index (χ3n) is 5.00. The number of ether oxygens (including phenoxy) is 2. The topological polar surface area (TPSA) is 76.4 Å². The van der Waals surface area contributed by atoms with Gasteiger partial charge < -0.3 is 9.47 Å². The van der Waals surface area contributed by atoms with E-state index < -0.39 is 11.4 Å². The Labute approximate surface area is 111 Å². The fourth-order valence-electron chi connectivity index (χ4n) is 3.77. The van der Waals surface area contributed by atoms with Crippen LogP contribution in [0.3, 0.4) is 0 Å². The highest BCUT2D eigenvalue weighted by molar-refractivity contribution is 5.84. The largest absolute Gasteiger partial charge is 0.461 e. The second kappa shape index (κ2) is 3.96. The van der Waals surface area contributed by atoms with E-state index in [1.807, 2.05) is 13.8 Å². The number of nitriles is 1. The van der Waals surface area contributed by atoms with Gasteiger partial charge in [-0.05, 0) is 19.3 Å². The van der Waals surface area contributed by atoms with Gasteiger partial charge in [0.05, 0.1) is 17.9 Å². The van der Waals surface area contributed by atoms with Crippen molar-refractivity contribution < 1.29 is 19.1 Å². The van der Waals surface area contributed by atoms with Gasteiger partial charge in [-0.2, -0.15) is 5.26 Å². The van der Waals surface area contributed by atoms with Crippen LogP contribution in [0.5, 0.6) is 0 Å². The van der Waals surface area contributed by atoms with E-state index in [2.05, 4.69) is 6.07 Å². The molecule has 0 radical (unpaired) electrons. The maximum absolute atomic E-state index is 11.9. The van der Waals surface area contributed by atoms with Crippen LogP contribution in [-0.4, -0.2) is 24.1 Å². The second-order valence-electron chi connectivity index (χ2n) is 5.96. The van der Waals surface area contributed by atoms with Crippen LogP contribution in [0, 0.1) is 34.5 Å². The number of carbonyl (C=O) groups is 2. The fourth-order valence-corrected chi connectivity index (χ4v) is 3.77. The molecule has 1 saturated heterocycles. The van der Waals surface area contributed by atoms with Gasteiger partial charge in [-0.3, -0.25) is 9.59 Å². The van der Waals surface area contributed by atoms with Crippen LogP contribution in [-0.2, 0) is 19.1 Å². The number of hydrogen-bond donors (Lipinski definition) is 0. The monoisotopic (exact) mass is 263 g/mol. The average Bonchev–Trinajstić information content (AvgIpc) is 2.94. The van der Waals surface area contributed by atoms with Crippen LogP contribution < -0.4 is 0 Å². The van der Waals surface area contributed by atoms with E-state index >= 15 is 0 Å². The molecule has 0 aromatic rings. The minimum Gasteiger partial charge on any atom is -0.461 e. The van der Waals surface area contributed by atoms with Crippen LogP contribution in [0.15, 0.2) is 0 Å². The van der Waals surface area contributed by atoms with E-state index in [-0.39, 0.29) is 35.9 Å². The molecular weight excluding hydrogens is 246 g/mol. The van der Waals surface area contributed by atoms with Crippen molar-refractivity contribution in [3.8, 4) is 6.07 Å². The minimum atomic E-state index is -1.06. The van der Waals surface area contributed by atoms with Crippen molar-refractivity contribution in [2.75, 3.05) is 0 Å². The molecule has 3 fully saturated rings. The lowest BCUT2D eigenvalue weighted by Gasteiger charge is -2.21. The van der Waals surface area contributed by atoms with E-state index in [0.29, 0.717) is 6.42 Å². The van der Waals surface area contributed by atoms with Gasteiger partial charge >= 0.3 is 11.9 Å². The standard InChI is InChI=1S/C14H17NO4/c1-3-7(2)12(16)19-11-8-4-9-10(11)14(5-8,6-15)13(17)18-9/h7-11H,3-5H2,1-2H3. The van der Waals surface area contributed by atoms with Crippen LogP contribution >= 0.6 is 0 Å². The molecule has 2 saturated carbocycles. The second-order valence-corrected chi connectivity index (χ2v) is 5.96. The van der Waals surface area contributed by atoms with Gasteiger partial charge in [-0.15, -0.1) is 0 Å². The first-order chi connectivity index (χ1) is 9.03. The van der Waals surface area contributed by atoms with E-state index in [0.717, 1.165) is 12.8 Å². The molecule has 5 heteroatoms. The van der Waals surface area contributed by atoms with Gasteiger partial charge in [-0.25, -0.2) is 0 Å². The Kier molecular flexibility index (Phi) is 2.60. The highest BCUT2D eigenvalue weighted by Gasteiger charge is 2.73. The predicted octanol–water partition coefficient (Wildman–Crippen LogP) is 1.42. The Bertz CT molecular complexity index is 482. The van der Waals surface area contributed by atoms with E-state index in [9.17, 15) is 14.9 Å². The summed E-state index contributed by atoms with van der Waals surface area (Å²) >= 11 is 0. The molecule has 0 aromatic carbocycles. The molecule has 2 aliphatic carbocycles. The maximum Gasteiger partial charge on any atom is 0.327 e. The summed E-state index contributed by atoms with van der Waals surface area (Å²) in [6.07, 6.45) is 1.36. The lowest BCUT2D eigenvalue weighted by molar-refractivity contribution is -0.156. The van der Waals surface area contributed by atoms with E-state index in [4.69, 9.17) is 9.47 Å². The lowest BCUT2D eigenvalue weighted by Crippen LogP contribution is -2.34. The first kappa shape index (κ1) is 12.5. The SMILES string of the molecule is CCC(C)C(=O)OC1C2CC3OC(=O)C(C#N)(C2)C31. The first-order valence-corrected chi connectivity index (χ1v) is 6.86. The Balaban J connectivity index is 1.83. The quantitative estimate of drug-likeness (QED) is 0.720. The summed E-state index contributed by atoms with van der Waals surface area (Å²) in [5, 5.41) is 9.35. The molecule has 6 atom stereocenters. The van der Waals surface area contributed by atoms with Crippen LogP contribution in [0.1, 0.15) is 33.1 Å². The number of rotatable bonds is 3. The molecule has 0 amide bonds. The van der Waals surface area contributed by atoms with Gasteiger partial charge in [0, 0.05) is 5.92 Å². The fraction of sp³-hybridized carbons (Fsp3) is 0.786. The molecule has 2 bridgehead atoms. The smallest absolute Gasteiger partial charge is 0.327 e. The Morgan fingerprint density at radius 3 is 3.05 bits per heavy atom. The molecule has 102 valence electrons. The molecule has 3 rings (SSSR count). The summed E-state index contributed by atoms with van der Waals surface area (Å²) in [5.74, 6) is -0.967. The summed E-state index contributed by atoms with van der Waals surface area (Å²) in [7, 11) is 0. The summed E-state index contributed by atoms with van der Waals surface area (Å²) in [6, 6.07) is 2.13. The molecule has 19 heavy (non-hydrogen) atoms. The molecule has 3 aliphatic rings. The molecule has 6 unspecified atom stereocenters. The molecule has 0 spiro atoms. The Morgan fingerprint density at radius 1 is 1.68 bits per heavy atom. The minimum absolute atomic E-state index is 0.0918. The first-order valence-electron chi connectivity index (χ1n) is 6.86. The third-order valence-corrected chi connectivity index (χ3v) is 5.00. The molecule has 0 aromatic heterocycles. The number of esters is 2. The van der Waals surface area contributed by atoms with Gasteiger partial charge in [0.2, 0.25) is 0 Å². The Hall–Kier alpha value is -1.57. The average molecular weight is 263 g/mol. The summed E-state index contributed by atoms with van der Waals surface area (Å²) in [6.45, 7) is 3.76. The van der Waals surface area contributed by atoms with Crippen LogP contribution in [0.4, 0.5) is 0 Å². The van der Waals surface area contributed by atoms with Crippen molar-refractivity contribution in [2.24, 2.45) is 23.2 Å². The molecule has 1 heterocycles. The number of carbonyl (C=O) groups excluding carboxylic acids is 2. The van der Waals surface area contributed by atoms with E-state index in [1.54, 1.807) is 0 Å². The maximum atomic E-state index is 11.9. The molecular formula is C14H17NO4. The highest BCUT2D eigenvalue weighted by Crippen LogP contribution is 2.62. The zero-order valence-corrected chi connectivity index (χ0v) is 11.1. The van der Waals surface area contributed by atoms with E-state index in [1.165, 1.54) is 0 Å². The third kappa shape index (κ3) is 1.46. The summed E-state index contributed by atoms with van der Waals surface area (Å²) in [5.41, 5.74) is -1.06. The van der Waals surface area contributed by atoms with Crippen molar-refractivity contribution in [1.29, 1.82) is 5.26 Å². The van der Waals surface area contributed by atoms with Crippen molar-refractivity contribution in [1.82, 2.24) is 0 Å². The van der Waals surface area contributed by atoms with Crippen molar-refractivity contribution in [3.05, 3.63) is 0 Å². The molecule has 1 aliphatic heterocycles. The van der Waals surface area contributed by atoms with Crippen molar-refractivity contribution in [2.45, 2.75) is 45.3 Å². The van der Waals surface area contributed by atoms with Crippen LogP contribution in [0.2, 0.25) is 0 Å². The Morgan fingerprint density at radius 2 is 2.42 bits per heavy atom. The number of fused-ring (bicyclic) bond motifs is 1. The zero-order chi connectivity index (χ0) is 13.8. The van der Waals surface area contributed by atoms with Crippen molar-refractivity contribution >= 4 is 11.9 Å². The van der Waals surface area contributed by atoms with Gasteiger partial charge in [-0.1, -0.05) is 13.8 Å². The predicted molar refractivity (Wildman–Crippen MR) is 63.5 cm³/mol. The normalized spacial score (nSPS) is 43.7. The van der Waals surface area contributed by atoms with Gasteiger partial charge in [0.25, 0.3) is 0 Å². The van der Waals surface area contributed by atoms with Crippen molar-refractivity contribution in [3.63, 3.8) is 0 Å². The number of hydrogen-bond acceptors (Lipinski definition) is 5. The van der Waals surface area contributed by atoms with Crippen LogP contribution in [0.25, 0.3) is 0 Å².